The van der Waals surface area contributed by atoms with E-state index in [1.165, 1.54) is 19.3 Å². The second-order valence-electron chi connectivity index (χ2n) is 3.87. The molecule has 1 N–H and O–H groups in total. The summed E-state index contributed by atoms with van der Waals surface area (Å²) in [5.74, 6) is 0.193. The van der Waals surface area contributed by atoms with E-state index in [1.807, 2.05) is 0 Å². The van der Waals surface area contributed by atoms with Crippen LogP contribution in [0.25, 0.3) is 0 Å². The van der Waals surface area contributed by atoms with Crippen LogP contribution in [0.5, 0.6) is 0 Å². The lowest BCUT2D eigenvalue weighted by Crippen LogP contribution is -2.37. The van der Waals surface area contributed by atoms with Gasteiger partial charge in [-0.3, -0.25) is 9.69 Å². The van der Waals surface area contributed by atoms with Gasteiger partial charge in [-0.2, -0.15) is 0 Å². The third-order valence-electron chi connectivity index (χ3n) is 2.65. The Kier molecular flexibility index (Phi) is 9.59. The zero-order valence-electron chi connectivity index (χ0n) is 10.5. The predicted molar refractivity (Wildman–Crippen MR) is 64.7 cm³/mol. The highest BCUT2D eigenvalue weighted by atomic mass is 16.1. The van der Waals surface area contributed by atoms with Crippen LogP contribution in [0.3, 0.4) is 0 Å². The highest BCUT2D eigenvalue weighted by molar-refractivity contribution is 5.75. The molecule has 0 spiro atoms. The molecule has 1 amide bonds. The molecule has 3 heteroatoms. The molecule has 0 bridgehead atoms. The Labute approximate surface area is 94.2 Å². The molecule has 0 aliphatic heterocycles. The van der Waals surface area contributed by atoms with Gasteiger partial charge in [0.1, 0.15) is 0 Å². The van der Waals surface area contributed by atoms with Crippen molar-refractivity contribution in [1.82, 2.24) is 10.2 Å². The summed E-state index contributed by atoms with van der Waals surface area (Å²) in [5.41, 5.74) is 0. The molecule has 0 radical (unpaired) electrons. The van der Waals surface area contributed by atoms with Crippen molar-refractivity contribution in [2.75, 3.05) is 19.8 Å². The minimum absolute atomic E-state index is 0.193. The SMILES string of the molecule is CCCCCCC(=O)NCN(CC)CC. The minimum Gasteiger partial charge on any atom is -0.343 e. The molecule has 0 aromatic carbocycles. The molecule has 15 heavy (non-hydrogen) atoms. The Morgan fingerprint density at radius 2 is 1.73 bits per heavy atom. The first-order chi connectivity index (χ1) is 7.24. The van der Waals surface area contributed by atoms with Crippen LogP contribution in [0.4, 0.5) is 0 Å². The van der Waals surface area contributed by atoms with Crippen LogP contribution in [0.1, 0.15) is 52.9 Å². The molecule has 0 heterocycles. The molecule has 0 atom stereocenters. The summed E-state index contributed by atoms with van der Waals surface area (Å²) < 4.78 is 0. The summed E-state index contributed by atoms with van der Waals surface area (Å²) in [7, 11) is 0. The number of carbonyl (C=O) groups excluding carboxylic acids is 1. The molecule has 0 aliphatic carbocycles. The van der Waals surface area contributed by atoms with Crippen LogP contribution in [0.15, 0.2) is 0 Å². The van der Waals surface area contributed by atoms with Gasteiger partial charge < -0.3 is 5.32 Å². The number of hydrogen-bond donors (Lipinski definition) is 1. The summed E-state index contributed by atoms with van der Waals surface area (Å²) in [6, 6.07) is 0. The quantitative estimate of drug-likeness (QED) is 0.472. The van der Waals surface area contributed by atoms with Crippen molar-refractivity contribution < 1.29 is 4.79 Å². The highest BCUT2D eigenvalue weighted by Gasteiger charge is 2.02. The van der Waals surface area contributed by atoms with E-state index in [0.29, 0.717) is 13.1 Å². The Hall–Kier alpha value is -0.570. The van der Waals surface area contributed by atoms with Gasteiger partial charge in [0.2, 0.25) is 5.91 Å². The summed E-state index contributed by atoms with van der Waals surface area (Å²) in [4.78, 5) is 13.6. The topological polar surface area (TPSA) is 32.3 Å². The summed E-state index contributed by atoms with van der Waals surface area (Å²) in [5, 5.41) is 2.95. The predicted octanol–water partition coefficient (Wildman–Crippen LogP) is 2.37. The van der Waals surface area contributed by atoms with Crippen molar-refractivity contribution in [3.05, 3.63) is 0 Å². The van der Waals surface area contributed by atoms with Gasteiger partial charge in [-0.25, -0.2) is 0 Å². The van der Waals surface area contributed by atoms with E-state index in [4.69, 9.17) is 0 Å². The molecule has 0 aliphatic rings. The Bertz CT molecular complexity index is 156. The van der Waals surface area contributed by atoms with Gasteiger partial charge in [0.15, 0.2) is 0 Å². The number of carbonyl (C=O) groups is 1. The molecule has 0 saturated carbocycles. The molecule has 0 aromatic heterocycles. The Balaban J connectivity index is 3.40. The van der Waals surface area contributed by atoms with Gasteiger partial charge in [0, 0.05) is 6.42 Å². The normalized spacial score (nSPS) is 10.7. The Morgan fingerprint density at radius 3 is 2.27 bits per heavy atom. The summed E-state index contributed by atoms with van der Waals surface area (Å²) >= 11 is 0. The molecule has 0 rings (SSSR count). The van der Waals surface area contributed by atoms with Crippen molar-refractivity contribution in [1.29, 1.82) is 0 Å². The molecule has 3 nitrogen and oxygen atoms in total. The first-order valence-corrected chi connectivity index (χ1v) is 6.23. The molecule has 0 fully saturated rings. The van der Waals surface area contributed by atoms with Crippen LogP contribution in [-0.4, -0.2) is 30.6 Å². The van der Waals surface area contributed by atoms with Gasteiger partial charge in [-0.1, -0.05) is 40.0 Å². The number of rotatable bonds is 9. The first kappa shape index (κ1) is 14.4. The number of nitrogens with one attached hydrogen (secondary N) is 1. The van der Waals surface area contributed by atoms with Gasteiger partial charge in [0.25, 0.3) is 0 Å². The second-order valence-corrected chi connectivity index (χ2v) is 3.87. The second kappa shape index (κ2) is 9.97. The number of unbranched alkanes of at least 4 members (excludes halogenated alkanes) is 3. The van der Waals surface area contributed by atoms with E-state index in [0.717, 1.165) is 19.5 Å². The number of nitrogens with zero attached hydrogens (tertiary/aromatic N) is 1. The molecule has 0 aromatic rings. The minimum atomic E-state index is 0.193. The Morgan fingerprint density at radius 1 is 1.07 bits per heavy atom. The lowest BCUT2D eigenvalue weighted by Gasteiger charge is -2.18. The van der Waals surface area contributed by atoms with Gasteiger partial charge in [-0.15, -0.1) is 0 Å². The average Bonchev–Trinajstić information content (AvgIpc) is 2.26. The molecular weight excluding hydrogens is 188 g/mol. The van der Waals surface area contributed by atoms with E-state index in [-0.39, 0.29) is 5.91 Å². The lowest BCUT2D eigenvalue weighted by atomic mass is 10.1. The van der Waals surface area contributed by atoms with Crippen LogP contribution in [0, 0.1) is 0 Å². The molecule has 0 saturated heterocycles. The van der Waals surface area contributed by atoms with E-state index in [1.54, 1.807) is 0 Å². The molecule has 0 unspecified atom stereocenters. The highest BCUT2D eigenvalue weighted by Crippen LogP contribution is 2.01. The summed E-state index contributed by atoms with van der Waals surface area (Å²) in [6.07, 6.45) is 5.35. The maximum Gasteiger partial charge on any atom is 0.220 e. The smallest absolute Gasteiger partial charge is 0.220 e. The maximum atomic E-state index is 11.4. The fourth-order valence-corrected chi connectivity index (χ4v) is 1.45. The van der Waals surface area contributed by atoms with Gasteiger partial charge in [0.05, 0.1) is 6.67 Å². The molecule has 90 valence electrons. The van der Waals surface area contributed by atoms with E-state index in [9.17, 15) is 4.79 Å². The van der Waals surface area contributed by atoms with Gasteiger partial charge >= 0.3 is 0 Å². The maximum absolute atomic E-state index is 11.4. The van der Waals surface area contributed by atoms with E-state index >= 15 is 0 Å². The van der Waals surface area contributed by atoms with Crippen molar-refractivity contribution in [3.8, 4) is 0 Å². The third kappa shape index (κ3) is 8.43. The fraction of sp³-hybridized carbons (Fsp3) is 0.917. The summed E-state index contributed by atoms with van der Waals surface area (Å²) in [6.45, 7) is 9.08. The standard InChI is InChI=1S/C12H26N2O/c1-4-7-8-9-10-12(15)13-11-14(5-2)6-3/h4-11H2,1-3H3,(H,13,15). The monoisotopic (exact) mass is 214 g/mol. The molecular formula is C12H26N2O. The van der Waals surface area contributed by atoms with Crippen LogP contribution in [0.2, 0.25) is 0 Å². The van der Waals surface area contributed by atoms with Crippen molar-refractivity contribution in [2.45, 2.75) is 52.9 Å². The fourth-order valence-electron chi connectivity index (χ4n) is 1.45. The lowest BCUT2D eigenvalue weighted by molar-refractivity contribution is -0.121. The number of amides is 1. The van der Waals surface area contributed by atoms with Crippen molar-refractivity contribution in [3.63, 3.8) is 0 Å². The number of hydrogen-bond acceptors (Lipinski definition) is 2. The largest absolute Gasteiger partial charge is 0.343 e. The van der Waals surface area contributed by atoms with Gasteiger partial charge in [-0.05, 0) is 19.5 Å². The van der Waals surface area contributed by atoms with Crippen molar-refractivity contribution >= 4 is 5.91 Å². The van der Waals surface area contributed by atoms with Crippen molar-refractivity contribution in [2.24, 2.45) is 0 Å². The van der Waals surface area contributed by atoms with Crippen LogP contribution < -0.4 is 5.32 Å². The van der Waals surface area contributed by atoms with Crippen LogP contribution >= 0.6 is 0 Å². The first-order valence-electron chi connectivity index (χ1n) is 6.23. The van der Waals surface area contributed by atoms with E-state index in [2.05, 4.69) is 31.0 Å². The van der Waals surface area contributed by atoms with E-state index < -0.39 is 0 Å². The van der Waals surface area contributed by atoms with Crippen LogP contribution in [-0.2, 0) is 4.79 Å². The third-order valence-corrected chi connectivity index (χ3v) is 2.65. The zero-order valence-corrected chi connectivity index (χ0v) is 10.5. The average molecular weight is 214 g/mol. The zero-order chi connectivity index (χ0) is 11.5.